The second-order valence-electron chi connectivity index (χ2n) is 3.86. The van der Waals surface area contributed by atoms with E-state index in [-0.39, 0.29) is 18.0 Å². The Balaban J connectivity index is 2.25. The number of nitrogens with two attached hydrogens (primary N) is 1. The third-order valence-electron chi connectivity index (χ3n) is 2.86. The van der Waals surface area contributed by atoms with Crippen molar-refractivity contribution in [3.05, 3.63) is 34.9 Å². The highest BCUT2D eigenvalue weighted by atomic mass is 35.5. The Labute approximate surface area is 93.8 Å². The normalized spacial score (nSPS) is 26.1. The lowest BCUT2D eigenvalue weighted by Crippen LogP contribution is -2.31. The standard InChI is InChI=1S/C11H13ClN2O/c1-14-10(6-9(13)11(14)15)7-2-4-8(12)5-3-7/h2-5,9-10H,6,13H2,1H3/t9-,10-/m0/s1. The van der Waals surface area contributed by atoms with Crippen molar-refractivity contribution in [3.8, 4) is 0 Å². The summed E-state index contributed by atoms with van der Waals surface area (Å²) in [4.78, 5) is 13.2. The third kappa shape index (κ3) is 1.85. The zero-order valence-corrected chi connectivity index (χ0v) is 9.24. The fourth-order valence-corrected chi connectivity index (χ4v) is 2.09. The molecule has 1 fully saturated rings. The summed E-state index contributed by atoms with van der Waals surface area (Å²) >= 11 is 5.81. The quantitative estimate of drug-likeness (QED) is 0.787. The Hall–Kier alpha value is -1.06. The highest BCUT2D eigenvalue weighted by Gasteiger charge is 2.35. The van der Waals surface area contributed by atoms with Gasteiger partial charge in [0.1, 0.15) is 0 Å². The van der Waals surface area contributed by atoms with Crippen LogP contribution in [0.2, 0.25) is 5.02 Å². The first kappa shape index (κ1) is 10.5. The summed E-state index contributed by atoms with van der Waals surface area (Å²) in [7, 11) is 1.79. The van der Waals surface area contributed by atoms with Crippen LogP contribution in [-0.4, -0.2) is 23.9 Å². The van der Waals surface area contributed by atoms with Gasteiger partial charge in [-0.3, -0.25) is 4.79 Å². The van der Waals surface area contributed by atoms with E-state index in [9.17, 15) is 4.79 Å². The molecule has 4 heteroatoms. The van der Waals surface area contributed by atoms with Gasteiger partial charge >= 0.3 is 0 Å². The topological polar surface area (TPSA) is 46.3 Å². The van der Waals surface area contributed by atoms with Gasteiger partial charge in [-0.1, -0.05) is 23.7 Å². The molecule has 1 aliphatic heterocycles. The molecule has 1 heterocycles. The molecule has 0 aromatic heterocycles. The van der Waals surface area contributed by atoms with E-state index in [2.05, 4.69) is 0 Å². The van der Waals surface area contributed by atoms with Crippen LogP contribution in [0.3, 0.4) is 0 Å². The molecule has 2 rings (SSSR count). The largest absolute Gasteiger partial charge is 0.337 e. The van der Waals surface area contributed by atoms with E-state index in [0.717, 1.165) is 5.56 Å². The molecule has 0 aliphatic carbocycles. The summed E-state index contributed by atoms with van der Waals surface area (Å²) in [6, 6.07) is 7.27. The molecule has 15 heavy (non-hydrogen) atoms. The van der Waals surface area contributed by atoms with Crippen molar-refractivity contribution in [1.82, 2.24) is 4.90 Å². The minimum absolute atomic E-state index is 0.00921. The zero-order valence-electron chi connectivity index (χ0n) is 8.48. The number of hydrogen-bond acceptors (Lipinski definition) is 2. The highest BCUT2D eigenvalue weighted by Crippen LogP contribution is 2.31. The smallest absolute Gasteiger partial charge is 0.239 e. The van der Waals surface area contributed by atoms with Gasteiger partial charge in [-0.25, -0.2) is 0 Å². The Morgan fingerprint density at radius 1 is 1.40 bits per heavy atom. The maximum absolute atomic E-state index is 11.5. The fraction of sp³-hybridized carbons (Fsp3) is 0.364. The van der Waals surface area contributed by atoms with Crippen LogP contribution in [0.4, 0.5) is 0 Å². The number of hydrogen-bond donors (Lipinski definition) is 1. The Kier molecular flexibility index (Phi) is 2.67. The van der Waals surface area contributed by atoms with Gasteiger partial charge in [-0.2, -0.15) is 0 Å². The van der Waals surface area contributed by atoms with Gasteiger partial charge in [-0.15, -0.1) is 0 Å². The van der Waals surface area contributed by atoms with Gasteiger partial charge in [0.25, 0.3) is 0 Å². The lowest BCUT2D eigenvalue weighted by atomic mass is 10.0. The number of rotatable bonds is 1. The molecule has 0 unspecified atom stereocenters. The van der Waals surface area contributed by atoms with E-state index in [0.29, 0.717) is 11.4 Å². The minimum atomic E-state index is -0.365. The van der Waals surface area contributed by atoms with Crippen LogP contribution in [0.15, 0.2) is 24.3 Å². The van der Waals surface area contributed by atoms with E-state index < -0.39 is 0 Å². The Morgan fingerprint density at radius 2 is 2.00 bits per heavy atom. The summed E-state index contributed by atoms with van der Waals surface area (Å²) < 4.78 is 0. The number of carbonyl (C=O) groups excluding carboxylic acids is 1. The van der Waals surface area contributed by atoms with Crippen LogP contribution < -0.4 is 5.73 Å². The molecule has 0 saturated carbocycles. The van der Waals surface area contributed by atoms with E-state index >= 15 is 0 Å². The molecule has 1 amide bonds. The third-order valence-corrected chi connectivity index (χ3v) is 3.12. The van der Waals surface area contributed by atoms with Crippen molar-refractivity contribution in [3.63, 3.8) is 0 Å². The summed E-state index contributed by atoms with van der Waals surface area (Å²) in [5.74, 6) is 0.00921. The highest BCUT2D eigenvalue weighted by molar-refractivity contribution is 6.30. The second kappa shape index (κ2) is 3.83. The van der Waals surface area contributed by atoms with Crippen molar-refractivity contribution in [1.29, 1.82) is 0 Å². The molecule has 1 saturated heterocycles. The van der Waals surface area contributed by atoms with Crippen LogP contribution in [0.5, 0.6) is 0 Å². The molecule has 1 aliphatic rings. The number of likely N-dealkylation sites (tertiary alicyclic amines) is 1. The van der Waals surface area contributed by atoms with E-state index in [1.807, 2.05) is 24.3 Å². The number of carbonyl (C=O) groups is 1. The zero-order chi connectivity index (χ0) is 11.0. The Bertz CT molecular complexity index is 377. The average molecular weight is 225 g/mol. The van der Waals surface area contributed by atoms with E-state index in [1.54, 1.807) is 11.9 Å². The van der Waals surface area contributed by atoms with Crippen LogP contribution >= 0.6 is 11.6 Å². The maximum Gasteiger partial charge on any atom is 0.239 e. The average Bonchev–Trinajstić information content (AvgIpc) is 2.47. The summed E-state index contributed by atoms with van der Waals surface area (Å²) in [5, 5.41) is 0.704. The fourth-order valence-electron chi connectivity index (χ4n) is 1.96. The monoisotopic (exact) mass is 224 g/mol. The summed E-state index contributed by atoms with van der Waals surface area (Å²) in [6.07, 6.45) is 0.678. The van der Waals surface area contributed by atoms with E-state index in [4.69, 9.17) is 17.3 Å². The molecular formula is C11H13ClN2O. The van der Waals surface area contributed by atoms with Crippen LogP contribution in [0.25, 0.3) is 0 Å². The maximum atomic E-state index is 11.5. The molecule has 1 aromatic carbocycles. The summed E-state index contributed by atoms with van der Waals surface area (Å²) in [6.45, 7) is 0. The lowest BCUT2D eigenvalue weighted by molar-refractivity contribution is -0.128. The molecule has 2 atom stereocenters. The van der Waals surface area contributed by atoms with Gasteiger partial charge < -0.3 is 10.6 Å². The van der Waals surface area contributed by atoms with Crippen LogP contribution in [0.1, 0.15) is 18.0 Å². The van der Waals surface area contributed by atoms with Crippen molar-refractivity contribution in [2.24, 2.45) is 5.73 Å². The molecular weight excluding hydrogens is 212 g/mol. The number of likely N-dealkylation sites (N-methyl/N-ethyl adjacent to an activating group) is 1. The molecule has 2 N–H and O–H groups in total. The van der Waals surface area contributed by atoms with Gasteiger partial charge in [0.2, 0.25) is 5.91 Å². The van der Waals surface area contributed by atoms with Gasteiger partial charge in [0, 0.05) is 12.1 Å². The van der Waals surface area contributed by atoms with Crippen molar-refractivity contribution in [2.45, 2.75) is 18.5 Å². The van der Waals surface area contributed by atoms with Gasteiger partial charge in [0.05, 0.1) is 12.1 Å². The Morgan fingerprint density at radius 3 is 2.47 bits per heavy atom. The van der Waals surface area contributed by atoms with E-state index in [1.165, 1.54) is 0 Å². The van der Waals surface area contributed by atoms with Gasteiger partial charge in [0.15, 0.2) is 0 Å². The molecule has 0 spiro atoms. The molecule has 0 bridgehead atoms. The number of halogens is 1. The SMILES string of the molecule is CN1C(=O)[C@@H](N)C[C@H]1c1ccc(Cl)cc1. The van der Waals surface area contributed by atoms with Crippen LogP contribution in [0, 0.1) is 0 Å². The van der Waals surface area contributed by atoms with Crippen LogP contribution in [-0.2, 0) is 4.79 Å². The number of benzene rings is 1. The number of amides is 1. The number of nitrogens with zero attached hydrogens (tertiary/aromatic N) is 1. The van der Waals surface area contributed by atoms with Crippen molar-refractivity contribution in [2.75, 3.05) is 7.05 Å². The van der Waals surface area contributed by atoms with Crippen molar-refractivity contribution < 1.29 is 4.79 Å². The lowest BCUT2D eigenvalue weighted by Gasteiger charge is -2.19. The van der Waals surface area contributed by atoms with Crippen molar-refractivity contribution >= 4 is 17.5 Å². The molecule has 3 nitrogen and oxygen atoms in total. The first-order valence-corrected chi connectivity index (χ1v) is 5.25. The first-order valence-electron chi connectivity index (χ1n) is 4.87. The minimum Gasteiger partial charge on any atom is -0.337 e. The van der Waals surface area contributed by atoms with Gasteiger partial charge in [-0.05, 0) is 24.1 Å². The predicted octanol–water partition coefficient (Wildman–Crippen LogP) is 1.57. The molecule has 80 valence electrons. The first-order chi connectivity index (χ1) is 7.09. The second-order valence-corrected chi connectivity index (χ2v) is 4.30. The molecule has 1 aromatic rings. The predicted molar refractivity (Wildman–Crippen MR) is 59.6 cm³/mol. The molecule has 0 radical (unpaired) electrons. The summed E-state index contributed by atoms with van der Waals surface area (Å²) in [5.41, 5.74) is 6.80.